The average molecular weight is 330 g/mol. The molecule has 1 aliphatic heterocycles. The van der Waals surface area contributed by atoms with Gasteiger partial charge in [-0.15, -0.1) is 11.3 Å². The Hall–Kier alpha value is -1.69. The van der Waals surface area contributed by atoms with Crippen molar-refractivity contribution in [2.45, 2.75) is 45.6 Å². The Bertz CT molecular complexity index is 771. The zero-order valence-corrected chi connectivity index (χ0v) is 14.7. The molecule has 4 rings (SSSR count). The van der Waals surface area contributed by atoms with Crippen molar-refractivity contribution in [1.29, 1.82) is 0 Å². The van der Waals surface area contributed by atoms with E-state index in [-0.39, 0.29) is 17.4 Å². The number of hydrogen-bond donors (Lipinski definition) is 1. The molecule has 0 spiro atoms. The van der Waals surface area contributed by atoms with Crippen molar-refractivity contribution >= 4 is 33.3 Å². The van der Waals surface area contributed by atoms with Gasteiger partial charge in [-0.2, -0.15) is 0 Å². The summed E-state index contributed by atoms with van der Waals surface area (Å²) in [5, 5.41) is 4.31. The molecule has 122 valence electrons. The average Bonchev–Trinajstić information content (AvgIpc) is 2.94. The van der Waals surface area contributed by atoms with Gasteiger partial charge in [0.25, 0.3) is 0 Å². The SMILES string of the molecule is CC(C)(C)NC(=O)C1CN(c2ncnc3sc4c(c23)CCC4)C1. The first-order chi connectivity index (χ1) is 10.9. The van der Waals surface area contributed by atoms with Crippen LogP contribution in [0.4, 0.5) is 5.82 Å². The van der Waals surface area contributed by atoms with Crippen molar-refractivity contribution in [1.82, 2.24) is 15.3 Å². The number of hydrogen-bond acceptors (Lipinski definition) is 5. The van der Waals surface area contributed by atoms with Crippen LogP contribution in [-0.2, 0) is 17.6 Å². The van der Waals surface area contributed by atoms with Crippen LogP contribution in [0.1, 0.15) is 37.6 Å². The Morgan fingerprint density at radius 1 is 1.30 bits per heavy atom. The summed E-state index contributed by atoms with van der Waals surface area (Å²) in [5.74, 6) is 1.23. The van der Waals surface area contributed by atoms with E-state index in [2.05, 4.69) is 20.2 Å². The van der Waals surface area contributed by atoms with E-state index in [9.17, 15) is 4.79 Å². The van der Waals surface area contributed by atoms with Crippen LogP contribution >= 0.6 is 11.3 Å². The highest BCUT2D eigenvalue weighted by Crippen LogP contribution is 2.41. The number of aromatic nitrogens is 2. The predicted octanol–water partition coefficient (Wildman–Crippen LogP) is 2.53. The van der Waals surface area contributed by atoms with E-state index >= 15 is 0 Å². The van der Waals surface area contributed by atoms with E-state index in [1.807, 2.05) is 32.1 Å². The Morgan fingerprint density at radius 2 is 2.09 bits per heavy atom. The lowest BCUT2D eigenvalue weighted by Crippen LogP contribution is -2.56. The van der Waals surface area contributed by atoms with E-state index in [4.69, 9.17) is 0 Å². The molecule has 0 aromatic carbocycles. The van der Waals surface area contributed by atoms with Gasteiger partial charge in [0.1, 0.15) is 17.0 Å². The highest BCUT2D eigenvalue weighted by molar-refractivity contribution is 7.19. The predicted molar refractivity (Wildman–Crippen MR) is 93.0 cm³/mol. The van der Waals surface area contributed by atoms with Gasteiger partial charge in [0, 0.05) is 23.5 Å². The number of nitrogens with zero attached hydrogens (tertiary/aromatic N) is 3. The lowest BCUT2D eigenvalue weighted by atomic mass is 9.96. The lowest BCUT2D eigenvalue weighted by Gasteiger charge is -2.40. The van der Waals surface area contributed by atoms with Crippen LogP contribution < -0.4 is 10.2 Å². The summed E-state index contributed by atoms with van der Waals surface area (Å²) in [6.45, 7) is 7.55. The topological polar surface area (TPSA) is 58.1 Å². The number of rotatable bonds is 2. The third kappa shape index (κ3) is 2.59. The molecule has 2 aromatic rings. The zero-order valence-electron chi connectivity index (χ0n) is 13.8. The van der Waals surface area contributed by atoms with Crippen molar-refractivity contribution in [3.8, 4) is 0 Å². The molecule has 1 amide bonds. The van der Waals surface area contributed by atoms with Crippen molar-refractivity contribution < 1.29 is 4.79 Å². The van der Waals surface area contributed by atoms with Gasteiger partial charge in [0.15, 0.2) is 0 Å². The summed E-state index contributed by atoms with van der Waals surface area (Å²) in [4.78, 5) is 26.0. The molecule has 1 N–H and O–H groups in total. The summed E-state index contributed by atoms with van der Waals surface area (Å²) in [7, 11) is 0. The monoisotopic (exact) mass is 330 g/mol. The van der Waals surface area contributed by atoms with Gasteiger partial charge in [0.2, 0.25) is 5.91 Å². The maximum Gasteiger partial charge on any atom is 0.227 e. The van der Waals surface area contributed by atoms with Gasteiger partial charge >= 0.3 is 0 Å². The van der Waals surface area contributed by atoms with E-state index in [1.165, 1.54) is 28.7 Å². The van der Waals surface area contributed by atoms with E-state index in [0.717, 1.165) is 30.2 Å². The molecule has 0 radical (unpaired) electrons. The second-order valence-corrected chi connectivity index (χ2v) is 8.66. The third-order valence-electron chi connectivity index (χ3n) is 4.53. The van der Waals surface area contributed by atoms with Crippen LogP contribution in [0, 0.1) is 5.92 Å². The largest absolute Gasteiger partial charge is 0.354 e. The molecule has 1 saturated heterocycles. The highest BCUT2D eigenvalue weighted by Gasteiger charge is 2.36. The second-order valence-electron chi connectivity index (χ2n) is 7.58. The van der Waals surface area contributed by atoms with Crippen LogP contribution in [0.5, 0.6) is 0 Å². The normalized spacial score (nSPS) is 18.1. The lowest BCUT2D eigenvalue weighted by molar-refractivity contribution is -0.127. The quantitative estimate of drug-likeness (QED) is 0.919. The molecule has 3 heterocycles. The molecule has 2 aromatic heterocycles. The van der Waals surface area contributed by atoms with Crippen LogP contribution in [0.15, 0.2) is 6.33 Å². The highest BCUT2D eigenvalue weighted by atomic mass is 32.1. The first-order valence-electron chi connectivity index (χ1n) is 8.24. The van der Waals surface area contributed by atoms with Crippen molar-refractivity contribution in [2.24, 2.45) is 5.92 Å². The van der Waals surface area contributed by atoms with Crippen molar-refractivity contribution in [2.75, 3.05) is 18.0 Å². The fourth-order valence-corrected chi connectivity index (χ4v) is 4.66. The number of carbonyl (C=O) groups excluding carboxylic acids is 1. The molecule has 0 atom stereocenters. The number of nitrogens with one attached hydrogen (secondary N) is 1. The summed E-state index contributed by atoms with van der Waals surface area (Å²) >= 11 is 1.81. The summed E-state index contributed by atoms with van der Waals surface area (Å²) in [5.41, 5.74) is 1.27. The number of aryl methyl sites for hydroxylation is 2. The number of thiophene rings is 1. The summed E-state index contributed by atoms with van der Waals surface area (Å²) in [6.07, 6.45) is 5.21. The fraction of sp³-hybridized carbons (Fsp3) is 0.588. The minimum absolute atomic E-state index is 0.0610. The van der Waals surface area contributed by atoms with E-state index < -0.39 is 0 Å². The standard InChI is InChI=1S/C17H22N4OS/c1-17(2,3)20-15(22)10-7-21(8-10)14-13-11-5-4-6-12(11)23-16(13)19-9-18-14/h9-10H,4-8H2,1-3H3,(H,20,22). The molecule has 0 bridgehead atoms. The number of fused-ring (bicyclic) bond motifs is 3. The molecule has 2 aliphatic rings. The molecular weight excluding hydrogens is 308 g/mol. The number of carbonyl (C=O) groups is 1. The summed E-state index contributed by atoms with van der Waals surface area (Å²) < 4.78 is 0. The summed E-state index contributed by atoms with van der Waals surface area (Å²) in [6, 6.07) is 0. The van der Waals surface area contributed by atoms with E-state index in [0.29, 0.717) is 0 Å². The minimum atomic E-state index is -0.173. The number of anilines is 1. The first kappa shape index (κ1) is 14.9. The van der Waals surface area contributed by atoms with Gasteiger partial charge < -0.3 is 10.2 Å². The molecule has 0 unspecified atom stereocenters. The molecule has 23 heavy (non-hydrogen) atoms. The van der Waals surface area contributed by atoms with Crippen LogP contribution in [-0.4, -0.2) is 34.5 Å². The van der Waals surface area contributed by atoms with Crippen molar-refractivity contribution in [3.05, 3.63) is 16.8 Å². The van der Waals surface area contributed by atoms with Crippen molar-refractivity contribution in [3.63, 3.8) is 0 Å². The molecule has 1 fully saturated rings. The molecule has 1 aliphatic carbocycles. The van der Waals surface area contributed by atoms with Gasteiger partial charge in [-0.1, -0.05) is 0 Å². The van der Waals surface area contributed by atoms with Gasteiger partial charge in [-0.3, -0.25) is 4.79 Å². The Labute approximate surface area is 140 Å². The van der Waals surface area contributed by atoms with Crippen LogP contribution in [0.3, 0.4) is 0 Å². The smallest absolute Gasteiger partial charge is 0.227 e. The van der Waals surface area contributed by atoms with Gasteiger partial charge in [0.05, 0.1) is 11.3 Å². The Morgan fingerprint density at radius 3 is 2.83 bits per heavy atom. The minimum Gasteiger partial charge on any atom is -0.354 e. The molecule has 0 saturated carbocycles. The molecular formula is C17H22N4OS. The maximum absolute atomic E-state index is 12.3. The second kappa shape index (κ2) is 5.16. The van der Waals surface area contributed by atoms with Crippen LogP contribution in [0.2, 0.25) is 0 Å². The zero-order chi connectivity index (χ0) is 16.2. The Balaban J connectivity index is 1.55. The van der Waals surface area contributed by atoms with E-state index in [1.54, 1.807) is 6.33 Å². The Kier molecular flexibility index (Phi) is 3.34. The first-order valence-corrected chi connectivity index (χ1v) is 9.06. The number of amides is 1. The maximum atomic E-state index is 12.3. The third-order valence-corrected chi connectivity index (χ3v) is 5.73. The molecule has 5 nitrogen and oxygen atoms in total. The fourth-order valence-electron chi connectivity index (χ4n) is 3.44. The van der Waals surface area contributed by atoms with Crippen LogP contribution in [0.25, 0.3) is 10.2 Å². The van der Waals surface area contributed by atoms with Gasteiger partial charge in [-0.05, 0) is 45.6 Å². The van der Waals surface area contributed by atoms with Gasteiger partial charge in [-0.25, -0.2) is 9.97 Å². The molecule has 6 heteroatoms.